The fourth-order valence-electron chi connectivity index (χ4n) is 1.43. The zero-order valence-corrected chi connectivity index (χ0v) is 8.71. The normalized spacial score (nSPS) is 16.1. The molecule has 0 heterocycles. The molecule has 0 aromatic rings. The van der Waals surface area contributed by atoms with Crippen LogP contribution in [0.25, 0.3) is 0 Å². The quantitative estimate of drug-likeness (QED) is 0.478. The average molecular weight is 234 g/mol. The van der Waals surface area contributed by atoms with Crippen LogP contribution in [-0.4, -0.2) is 43.9 Å². The van der Waals surface area contributed by atoms with E-state index in [1.54, 1.807) is 6.92 Å². The number of aliphatic hydroxyl groups is 1. The molecule has 0 aromatic carbocycles. The molecule has 0 spiro atoms. The van der Waals surface area contributed by atoms with Crippen LogP contribution in [-0.2, 0) is 14.4 Å². The molecule has 0 aromatic heterocycles. The first-order valence-electron chi connectivity index (χ1n) is 4.66. The van der Waals surface area contributed by atoms with Crippen LogP contribution in [0.1, 0.15) is 26.2 Å². The maximum Gasteiger partial charge on any atom is 0.337 e. The van der Waals surface area contributed by atoms with Crippen molar-refractivity contribution in [2.75, 3.05) is 0 Å². The third-order valence-electron chi connectivity index (χ3n) is 2.24. The lowest BCUT2D eigenvalue weighted by Gasteiger charge is -2.27. The highest BCUT2D eigenvalue weighted by molar-refractivity contribution is 5.89. The molecule has 0 amide bonds. The van der Waals surface area contributed by atoms with Gasteiger partial charge in [0.25, 0.3) is 0 Å². The first kappa shape index (κ1) is 14.4. The van der Waals surface area contributed by atoms with Crippen molar-refractivity contribution >= 4 is 17.9 Å². The topological polar surface area (TPSA) is 132 Å². The van der Waals surface area contributed by atoms with E-state index >= 15 is 0 Å². The van der Waals surface area contributed by atoms with Gasteiger partial charge in [0.15, 0.2) is 5.60 Å². The first-order chi connectivity index (χ1) is 7.25. The number of hydrogen-bond acceptors (Lipinski definition) is 4. The molecule has 0 bridgehead atoms. The highest BCUT2D eigenvalue weighted by Crippen LogP contribution is 2.27. The minimum Gasteiger partial charge on any atom is -0.481 e. The lowest BCUT2D eigenvalue weighted by molar-refractivity contribution is -0.179. The largest absolute Gasteiger partial charge is 0.481 e. The van der Waals surface area contributed by atoms with E-state index < -0.39 is 35.8 Å². The molecule has 0 aliphatic carbocycles. The molecule has 0 aliphatic heterocycles. The zero-order chi connectivity index (χ0) is 12.9. The van der Waals surface area contributed by atoms with E-state index in [1.165, 1.54) is 0 Å². The van der Waals surface area contributed by atoms with Gasteiger partial charge < -0.3 is 20.4 Å². The minimum atomic E-state index is -2.77. The third-order valence-corrected chi connectivity index (χ3v) is 2.24. The van der Waals surface area contributed by atoms with Gasteiger partial charge in [0.2, 0.25) is 0 Å². The molecule has 0 aliphatic rings. The standard InChI is InChI=1S/C9H14O7/c1-2-3-5(7(12)13)9(16,8(14)15)4-6(10)11/h5,16H,2-4H2,1H3,(H,10,11)(H,12,13)(H,14,15)/t5-,9+/m0/s1. The van der Waals surface area contributed by atoms with E-state index in [0.29, 0.717) is 6.42 Å². The van der Waals surface area contributed by atoms with E-state index in [1.807, 2.05) is 0 Å². The number of aliphatic carboxylic acids is 3. The maximum absolute atomic E-state index is 10.8. The van der Waals surface area contributed by atoms with E-state index in [9.17, 15) is 19.5 Å². The number of rotatable bonds is 7. The van der Waals surface area contributed by atoms with Crippen LogP contribution < -0.4 is 0 Å². The van der Waals surface area contributed by atoms with Crippen LogP contribution in [0.15, 0.2) is 0 Å². The number of carboxylic acid groups (broad SMARTS) is 3. The Bertz CT molecular complexity index is 298. The van der Waals surface area contributed by atoms with Gasteiger partial charge in [-0.25, -0.2) is 4.79 Å². The molecule has 7 nitrogen and oxygen atoms in total. The van der Waals surface area contributed by atoms with Crippen LogP contribution in [0.5, 0.6) is 0 Å². The summed E-state index contributed by atoms with van der Waals surface area (Å²) in [6, 6.07) is 0. The molecule has 0 unspecified atom stereocenters. The summed E-state index contributed by atoms with van der Waals surface area (Å²) in [4.78, 5) is 32.0. The molecule has 0 saturated heterocycles. The SMILES string of the molecule is CCC[C@@H](C(=O)O)[C@](O)(CC(=O)O)C(=O)O. The maximum atomic E-state index is 10.8. The fourth-order valence-corrected chi connectivity index (χ4v) is 1.43. The second-order valence-corrected chi connectivity index (χ2v) is 3.48. The van der Waals surface area contributed by atoms with Crippen molar-refractivity contribution in [1.82, 2.24) is 0 Å². The van der Waals surface area contributed by atoms with Gasteiger partial charge in [0.05, 0.1) is 12.3 Å². The Labute approximate surface area is 91.3 Å². The van der Waals surface area contributed by atoms with Crippen LogP contribution in [0.2, 0.25) is 0 Å². The predicted octanol–water partition coefficient (Wildman–Crippen LogP) is -0.222. The van der Waals surface area contributed by atoms with Gasteiger partial charge in [-0.1, -0.05) is 13.3 Å². The molecular weight excluding hydrogens is 220 g/mol. The lowest BCUT2D eigenvalue weighted by atomic mass is 9.81. The van der Waals surface area contributed by atoms with Gasteiger partial charge >= 0.3 is 17.9 Å². The number of hydrogen-bond donors (Lipinski definition) is 4. The molecule has 0 fully saturated rings. The van der Waals surface area contributed by atoms with Crippen molar-refractivity contribution in [2.45, 2.75) is 31.8 Å². The van der Waals surface area contributed by atoms with Crippen molar-refractivity contribution in [3.8, 4) is 0 Å². The van der Waals surface area contributed by atoms with E-state index in [2.05, 4.69) is 0 Å². The summed E-state index contributed by atoms with van der Waals surface area (Å²) in [5.74, 6) is -6.55. The Morgan fingerprint density at radius 1 is 1.19 bits per heavy atom. The average Bonchev–Trinajstić information content (AvgIpc) is 2.11. The molecule has 16 heavy (non-hydrogen) atoms. The van der Waals surface area contributed by atoms with Gasteiger partial charge in [-0.3, -0.25) is 9.59 Å². The molecule has 92 valence electrons. The van der Waals surface area contributed by atoms with E-state index in [0.717, 1.165) is 0 Å². The molecule has 0 rings (SSSR count). The van der Waals surface area contributed by atoms with Crippen molar-refractivity contribution in [2.24, 2.45) is 5.92 Å². The van der Waals surface area contributed by atoms with Crippen LogP contribution >= 0.6 is 0 Å². The summed E-state index contributed by atoms with van der Waals surface area (Å²) in [6.45, 7) is 1.61. The first-order valence-corrected chi connectivity index (χ1v) is 4.66. The highest BCUT2D eigenvalue weighted by atomic mass is 16.4. The van der Waals surface area contributed by atoms with Gasteiger partial charge in [-0.15, -0.1) is 0 Å². The zero-order valence-electron chi connectivity index (χ0n) is 8.71. The molecule has 4 N–H and O–H groups in total. The molecule has 0 radical (unpaired) electrons. The monoisotopic (exact) mass is 234 g/mol. The fraction of sp³-hybridized carbons (Fsp3) is 0.667. The second kappa shape index (κ2) is 5.45. The lowest BCUT2D eigenvalue weighted by Crippen LogP contribution is -2.50. The smallest absolute Gasteiger partial charge is 0.337 e. The second-order valence-electron chi connectivity index (χ2n) is 3.48. The Kier molecular flexibility index (Phi) is 4.90. The third kappa shape index (κ3) is 3.20. The Morgan fingerprint density at radius 2 is 1.69 bits per heavy atom. The summed E-state index contributed by atoms with van der Waals surface area (Å²) in [5, 5.41) is 35.7. The Balaban J connectivity index is 5.19. The molecule has 0 saturated carbocycles. The molecule has 7 heteroatoms. The van der Waals surface area contributed by atoms with Crippen LogP contribution in [0.3, 0.4) is 0 Å². The summed E-state index contributed by atoms with van der Waals surface area (Å²) in [7, 11) is 0. The molecular formula is C9H14O7. The van der Waals surface area contributed by atoms with Crippen molar-refractivity contribution < 1.29 is 34.8 Å². The van der Waals surface area contributed by atoms with Gasteiger partial charge in [-0.2, -0.15) is 0 Å². The molecule has 2 atom stereocenters. The summed E-state index contributed by atoms with van der Waals surface area (Å²) in [5.41, 5.74) is -2.77. The Hall–Kier alpha value is -1.63. The number of carboxylic acids is 3. The van der Waals surface area contributed by atoms with Crippen LogP contribution in [0.4, 0.5) is 0 Å². The van der Waals surface area contributed by atoms with Gasteiger partial charge in [-0.05, 0) is 6.42 Å². The van der Waals surface area contributed by atoms with Gasteiger partial charge in [0.1, 0.15) is 0 Å². The van der Waals surface area contributed by atoms with Crippen LogP contribution in [0, 0.1) is 5.92 Å². The van der Waals surface area contributed by atoms with Crippen molar-refractivity contribution in [1.29, 1.82) is 0 Å². The highest BCUT2D eigenvalue weighted by Gasteiger charge is 2.49. The summed E-state index contributed by atoms with van der Waals surface area (Å²) in [6.07, 6.45) is -0.920. The van der Waals surface area contributed by atoms with Crippen molar-refractivity contribution in [3.63, 3.8) is 0 Å². The number of carbonyl (C=O) groups is 3. The summed E-state index contributed by atoms with van der Waals surface area (Å²) < 4.78 is 0. The van der Waals surface area contributed by atoms with E-state index in [4.69, 9.17) is 15.3 Å². The van der Waals surface area contributed by atoms with Gasteiger partial charge in [0, 0.05) is 0 Å². The Morgan fingerprint density at radius 3 is 1.94 bits per heavy atom. The predicted molar refractivity (Wildman–Crippen MR) is 50.9 cm³/mol. The van der Waals surface area contributed by atoms with Crippen molar-refractivity contribution in [3.05, 3.63) is 0 Å². The summed E-state index contributed by atoms with van der Waals surface area (Å²) >= 11 is 0. The minimum absolute atomic E-state index is 0.106. The van der Waals surface area contributed by atoms with E-state index in [-0.39, 0.29) is 6.42 Å².